The summed E-state index contributed by atoms with van der Waals surface area (Å²) in [7, 11) is 0. The number of benzene rings is 2. The highest BCUT2D eigenvalue weighted by atomic mass is 79.9. The van der Waals surface area contributed by atoms with Crippen molar-refractivity contribution in [2.75, 3.05) is 41.8 Å². The number of hydrogen-bond donors (Lipinski definition) is 2. The van der Waals surface area contributed by atoms with Crippen LogP contribution in [0.3, 0.4) is 0 Å². The molecule has 0 spiro atoms. The van der Waals surface area contributed by atoms with Crippen molar-refractivity contribution in [2.45, 2.75) is 11.5 Å². The van der Waals surface area contributed by atoms with Crippen LogP contribution < -0.4 is 15.5 Å². The van der Waals surface area contributed by atoms with Crippen LogP contribution in [-0.2, 0) is 25.8 Å². The molecule has 2 aromatic carbocycles. The number of rotatable bonds is 4. The number of hydrogen-bond acceptors (Lipinski definition) is 4. The fraction of sp³-hybridized carbons (Fsp3) is 0.300. The summed E-state index contributed by atoms with van der Waals surface area (Å²) < 4.78 is 44.8. The Labute approximate surface area is 179 Å². The van der Waals surface area contributed by atoms with Gasteiger partial charge in [-0.25, -0.2) is 0 Å². The van der Waals surface area contributed by atoms with Crippen molar-refractivity contribution in [3.63, 3.8) is 0 Å². The Morgan fingerprint density at radius 1 is 1.03 bits per heavy atom. The first-order chi connectivity index (χ1) is 14.3. The van der Waals surface area contributed by atoms with Gasteiger partial charge in [0.1, 0.15) is 0 Å². The van der Waals surface area contributed by atoms with E-state index < -0.39 is 23.6 Å². The molecule has 3 rings (SSSR count). The van der Waals surface area contributed by atoms with E-state index in [2.05, 4.69) is 26.6 Å². The van der Waals surface area contributed by atoms with Crippen LogP contribution in [0.4, 0.5) is 30.2 Å². The Morgan fingerprint density at radius 3 is 2.40 bits per heavy atom. The van der Waals surface area contributed by atoms with Crippen LogP contribution in [0.5, 0.6) is 0 Å². The molecular formula is C20H19BrF3N3O3. The number of carbonyl (C=O) groups is 2. The second-order valence-corrected chi connectivity index (χ2v) is 7.13. The number of morpholine rings is 1. The van der Waals surface area contributed by atoms with E-state index in [1.807, 2.05) is 6.07 Å². The average Bonchev–Trinajstić information content (AvgIpc) is 2.73. The van der Waals surface area contributed by atoms with Crippen molar-refractivity contribution in [3.8, 4) is 0 Å². The number of anilines is 3. The maximum atomic E-state index is 13.2. The standard InChI is InChI=1S/C20H19BrF3N3O3/c21-12-13-2-1-3-15(10-13)25-18(28)19(29)26-16-11-14(20(22,23)24)4-5-17(16)27-6-8-30-9-7-27/h1-5,10-11H,6-9,12H2,(H,25,28)(H,26,29). The number of nitrogens with zero attached hydrogens (tertiary/aromatic N) is 1. The smallest absolute Gasteiger partial charge is 0.378 e. The molecule has 0 unspecified atom stereocenters. The molecule has 0 aromatic heterocycles. The van der Waals surface area contributed by atoms with Crippen molar-refractivity contribution in [2.24, 2.45) is 0 Å². The monoisotopic (exact) mass is 485 g/mol. The van der Waals surface area contributed by atoms with Crippen molar-refractivity contribution >= 4 is 44.8 Å². The summed E-state index contributed by atoms with van der Waals surface area (Å²) >= 11 is 3.30. The van der Waals surface area contributed by atoms with Gasteiger partial charge in [-0.3, -0.25) is 9.59 Å². The highest BCUT2D eigenvalue weighted by Crippen LogP contribution is 2.35. The third kappa shape index (κ3) is 5.51. The van der Waals surface area contributed by atoms with Gasteiger partial charge in [0.2, 0.25) is 0 Å². The number of amides is 2. The molecule has 0 aliphatic carbocycles. The second-order valence-electron chi connectivity index (χ2n) is 6.57. The molecule has 30 heavy (non-hydrogen) atoms. The van der Waals surface area contributed by atoms with E-state index in [1.54, 1.807) is 23.1 Å². The summed E-state index contributed by atoms with van der Waals surface area (Å²) in [5.74, 6) is -2.04. The Hall–Kier alpha value is -2.59. The Bertz CT molecular complexity index is 931. The van der Waals surface area contributed by atoms with E-state index >= 15 is 0 Å². The van der Waals surface area contributed by atoms with E-state index in [1.165, 1.54) is 6.07 Å². The molecule has 0 atom stereocenters. The zero-order valence-electron chi connectivity index (χ0n) is 15.8. The zero-order valence-corrected chi connectivity index (χ0v) is 17.3. The summed E-state index contributed by atoms with van der Waals surface area (Å²) in [6, 6.07) is 9.92. The quantitative estimate of drug-likeness (QED) is 0.506. The molecule has 2 N–H and O–H groups in total. The highest BCUT2D eigenvalue weighted by molar-refractivity contribution is 9.08. The fourth-order valence-electron chi connectivity index (χ4n) is 2.99. The third-order valence-electron chi connectivity index (χ3n) is 4.47. The predicted molar refractivity (Wildman–Crippen MR) is 111 cm³/mol. The van der Waals surface area contributed by atoms with Crippen LogP contribution in [0.15, 0.2) is 42.5 Å². The van der Waals surface area contributed by atoms with Crippen LogP contribution in [0.2, 0.25) is 0 Å². The first kappa shape index (κ1) is 22.1. The van der Waals surface area contributed by atoms with Crippen LogP contribution in [-0.4, -0.2) is 38.1 Å². The van der Waals surface area contributed by atoms with Gasteiger partial charge >= 0.3 is 18.0 Å². The molecule has 160 valence electrons. The topological polar surface area (TPSA) is 70.7 Å². The molecule has 2 aromatic rings. The SMILES string of the molecule is O=C(Nc1cccc(CBr)c1)C(=O)Nc1cc(C(F)(F)F)ccc1N1CCOCC1. The fourth-order valence-corrected chi connectivity index (χ4v) is 3.34. The number of alkyl halides is 4. The Kier molecular flexibility index (Phi) is 6.99. The molecule has 6 nitrogen and oxygen atoms in total. The van der Waals surface area contributed by atoms with Crippen molar-refractivity contribution in [1.82, 2.24) is 0 Å². The van der Waals surface area contributed by atoms with Crippen LogP contribution >= 0.6 is 15.9 Å². The molecule has 0 bridgehead atoms. The summed E-state index contributed by atoms with van der Waals surface area (Å²) in [4.78, 5) is 26.5. The first-order valence-electron chi connectivity index (χ1n) is 9.09. The molecule has 0 saturated carbocycles. The van der Waals surface area contributed by atoms with Crippen molar-refractivity contribution in [1.29, 1.82) is 0 Å². The van der Waals surface area contributed by atoms with E-state index in [4.69, 9.17) is 4.74 Å². The largest absolute Gasteiger partial charge is 0.416 e. The van der Waals surface area contributed by atoms with Gasteiger partial charge in [-0.2, -0.15) is 13.2 Å². The average molecular weight is 486 g/mol. The lowest BCUT2D eigenvalue weighted by Crippen LogP contribution is -2.37. The maximum absolute atomic E-state index is 13.2. The third-order valence-corrected chi connectivity index (χ3v) is 5.12. The molecule has 1 aliphatic heterocycles. The maximum Gasteiger partial charge on any atom is 0.416 e. The summed E-state index contributed by atoms with van der Waals surface area (Å²) in [5, 5.41) is 5.34. The van der Waals surface area contributed by atoms with Crippen LogP contribution in [0.25, 0.3) is 0 Å². The minimum Gasteiger partial charge on any atom is -0.378 e. The number of carbonyl (C=O) groups excluding carboxylic acids is 2. The predicted octanol–water partition coefficient (Wildman–Crippen LogP) is 4.01. The minimum atomic E-state index is -4.58. The molecule has 1 fully saturated rings. The lowest BCUT2D eigenvalue weighted by molar-refractivity contribution is -0.137. The van der Waals surface area contributed by atoms with Gasteiger partial charge in [0.05, 0.1) is 30.2 Å². The van der Waals surface area contributed by atoms with E-state index in [-0.39, 0.29) is 5.69 Å². The van der Waals surface area contributed by atoms with Gasteiger partial charge in [0.15, 0.2) is 0 Å². The second kappa shape index (κ2) is 9.48. The van der Waals surface area contributed by atoms with Crippen molar-refractivity contribution in [3.05, 3.63) is 53.6 Å². The molecule has 1 saturated heterocycles. The van der Waals surface area contributed by atoms with Gasteiger partial charge in [0, 0.05) is 24.1 Å². The van der Waals surface area contributed by atoms with Gasteiger partial charge < -0.3 is 20.3 Å². The number of nitrogens with one attached hydrogen (secondary N) is 2. The van der Waals surface area contributed by atoms with Gasteiger partial charge in [0.25, 0.3) is 0 Å². The molecule has 0 radical (unpaired) electrons. The van der Waals surface area contributed by atoms with Gasteiger partial charge in [-0.1, -0.05) is 28.1 Å². The highest BCUT2D eigenvalue weighted by Gasteiger charge is 2.32. The number of halogens is 4. The minimum absolute atomic E-state index is 0.0823. The summed E-state index contributed by atoms with van der Waals surface area (Å²) in [6.45, 7) is 1.75. The molecule has 1 heterocycles. The summed E-state index contributed by atoms with van der Waals surface area (Å²) in [6.07, 6.45) is -4.58. The first-order valence-corrected chi connectivity index (χ1v) is 10.2. The van der Waals surface area contributed by atoms with Gasteiger partial charge in [-0.15, -0.1) is 0 Å². The lowest BCUT2D eigenvalue weighted by atomic mass is 10.1. The summed E-state index contributed by atoms with van der Waals surface area (Å²) in [5.41, 5.74) is 0.695. The van der Waals surface area contributed by atoms with E-state index in [0.717, 1.165) is 17.7 Å². The van der Waals surface area contributed by atoms with Crippen LogP contribution in [0, 0.1) is 0 Å². The normalized spacial score (nSPS) is 14.3. The molecule has 1 aliphatic rings. The molecular weight excluding hydrogens is 467 g/mol. The Morgan fingerprint density at radius 2 is 1.73 bits per heavy atom. The van der Waals surface area contributed by atoms with Crippen molar-refractivity contribution < 1.29 is 27.5 Å². The molecule has 2 amide bonds. The van der Waals surface area contributed by atoms with Crippen LogP contribution in [0.1, 0.15) is 11.1 Å². The lowest BCUT2D eigenvalue weighted by Gasteiger charge is -2.31. The van der Waals surface area contributed by atoms with Gasteiger partial charge in [-0.05, 0) is 35.9 Å². The number of ether oxygens (including phenoxy) is 1. The van der Waals surface area contributed by atoms with E-state index in [9.17, 15) is 22.8 Å². The Balaban J connectivity index is 1.81. The zero-order chi connectivity index (χ0) is 21.7. The van der Waals surface area contributed by atoms with E-state index in [0.29, 0.717) is 43.0 Å². The molecule has 10 heteroatoms.